The topological polar surface area (TPSA) is 30.5 Å². The summed E-state index contributed by atoms with van der Waals surface area (Å²) in [6.07, 6.45) is 0. The largest absolute Gasteiger partial charge is 0.493 e. The highest BCUT2D eigenvalue weighted by molar-refractivity contribution is 9.11. The van der Waals surface area contributed by atoms with Crippen LogP contribution in [0.1, 0.15) is 5.56 Å². The molecule has 1 N–H and O–H groups in total. The lowest BCUT2D eigenvalue weighted by Gasteiger charge is -2.12. The number of anilines is 1. The van der Waals surface area contributed by atoms with Crippen molar-refractivity contribution in [3.8, 4) is 11.5 Å². The predicted molar refractivity (Wildman–Crippen MR) is 79.0 cm³/mol. The number of benzene rings is 1. The van der Waals surface area contributed by atoms with Crippen LogP contribution in [-0.4, -0.2) is 13.7 Å². The van der Waals surface area contributed by atoms with Crippen molar-refractivity contribution in [2.24, 2.45) is 0 Å². The molecule has 1 heterocycles. The van der Waals surface area contributed by atoms with Crippen LogP contribution in [0.4, 0.5) is 14.5 Å². The number of hydrogen-bond acceptors (Lipinski definition) is 4. The summed E-state index contributed by atoms with van der Waals surface area (Å²) in [6.45, 7) is -2.28. The molecule has 0 spiro atoms. The van der Waals surface area contributed by atoms with Gasteiger partial charge in [-0.2, -0.15) is 8.78 Å². The summed E-state index contributed by atoms with van der Waals surface area (Å²) in [5.74, 6) is 0.285. The van der Waals surface area contributed by atoms with Gasteiger partial charge < -0.3 is 14.8 Å². The average Bonchev–Trinajstić information content (AvgIpc) is 2.82. The Morgan fingerprint density at radius 3 is 2.70 bits per heavy atom. The Kier molecular flexibility index (Phi) is 5.19. The molecule has 0 amide bonds. The summed E-state index contributed by atoms with van der Waals surface area (Å²) in [5.41, 5.74) is 1.79. The molecule has 0 fully saturated rings. The molecule has 2 aromatic rings. The Morgan fingerprint density at radius 2 is 2.10 bits per heavy atom. The van der Waals surface area contributed by atoms with Gasteiger partial charge in [0.15, 0.2) is 11.5 Å². The number of thiophene rings is 1. The Hall–Kier alpha value is -1.34. The maximum Gasteiger partial charge on any atom is 0.387 e. The van der Waals surface area contributed by atoms with Crippen molar-refractivity contribution in [2.45, 2.75) is 13.2 Å². The van der Waals surface area contributed by atoms with Gasteiger partial charge in [-0.25, -0.2) is 0 Å². The van der Waals surface area contributed by atoms with Gasteiger partial charge in [0.05, 0.1) is 10.9 Å². The van der Waals surface area contributed by atoms with Crippen LogP contribution in [0.2, 0.25) is 0 Å². The van der Waals surface area contributed by atoms with Gasteiger partial charge in [0.2, 0.25) is 0 Å². The summed E-state index contributed by atoms with van der Waals surface area (Å²) in [7, 11) is 1.41. The SMILES string of the molecule is COc1ccc(NCc2csc(Br)c2)cc1OC(F)F. The van der Waals surface area contributed by atoms with E-state index >= 15 is 0 Å². The van der Waals surface area contributed by atoms with Crippen LogP contribution in [0.15, 0.2) is 33.4 Å². The number of alkyl halides is 2. The molecule has 2 rings (SSSR count). The first-order valence-electron chi connectivity index (χ1n) is 5.68. The molecule has 0 saturated carbocycles. The molecule has 0 radical (unpaired) electrons. The van der Waals surface area contributed by atoms with E-state index in [0.717, 1.165) is 9.35 Å². The molecule has 0 bridgehead atoms. The van der Waals surface area contributed by atoms with Crippen LogP contribution in [-0.2, 0) is 6.54 Å². The van der Waals surface area contributed by atoms with E-state index < -0.39 is 6.61 Å². The third kappa shape index (κ3) is 4.08. The smallest absolute Gasteiger partial charge is 0.387 e. The van der Waals surface area contributed by atoms with Crippen LogP contribution in [0.5, 0.6) is 11.5 Å². The van der Waals surface area contributed by atoms with Crippen LogP contribution in [0.25, 0.3) is 0 Å². The highest BCUT2D eigenvalue weighted by atomic mass is 79.9. The third-order valence-corrected chi connectivity index (χ3v) is 4.05. The minimum Gasteiger partial charge on any atom is -0.493 e. The van der Waals surface area contributed by atoms with Crippen LogP contribution < -0.4 is 14.8 Å². The third-order valence-electron chi connectivity index (χ3n) is 2.50. The lowest BCUT2D eigenvalue weighted by molar-refractivity contribution is -0.0511. The molecule has 0 aliphatic carbocycles. The normalized spacial score (nSPS) is 10.7. The first-order valence-corrected chi connectivity index (χ1v) is 7.35. The highest BCUT2D eigenvalue weighted by Crippen LogP contribution is 2.31. The van der Waals surface area contributed by atoms with Crippen molar-refractivity contribution >= 4 is 33.0 Å². The molecule has 0 aliphatic heterocycles. The number of halogens is 3. The summed E-state index contributed by atoms with van der Waals surface area (Å²) in [6, 6.07) is 6.83. The standard InChI is InChI=1S/C13H12BrF2NO2S/c1-18-10-3-2-9(5-11(10)19-13(15)16)17-6-8-4-12(14)20-7-8/h2-5,7,13,17H,6H2,1H3. The van der Waals surface area contributed by atoms with Gasteiger partial charge in [0.1, 0.15) is 0 Å². The average molecular weight is 364 g/mol. The molecule has 3 nitrogen and oxygen atoms in total. The van der Waals surface area contributed by atoms with E-state index in [9.17, 15) is 8.78 Å². The molecule has 0 aliphatic rings. The number of methoxy groups -OCH3 is 1. The van der Waals surface area contributed by atoms with Crippen LogP contribution in [0, 0.1) is 0 Å². The van der Waals surface area contributed by atoms with E-state index in [0.29, 0.717) is 12.2 Å². The molecule has 1 aromatic heterocycles. The molecular formula is C13H12BrF2NO2S. The fraction of sp³-hybridized carbons (Fsp3) is 0.231. The lowest BCUT2D eigenvalue weighted by Crippen LogP contribution is -2.05. The van der Waals surface area contributed by atoms with Gasteiger partial charge in [0, 0.05) is 18.3 Å². The van der Waals surface area contributed by atoms with Gasteiger partial charge in [-0.15, -0.1) is 11.3 Å². The minimum atomic E-state index is -2.88. The van der Waals surface area contributed by atoms with E-state index in [-0.39, 0.29) is 11.5 Å². The summed E-state index contributed by atoms with van der Waals surface area (Å²) < 4.78 is 35.1. The van der Waals surface area contributed by atoms with Gasteiger partial charge in [-0.3, -0.25) is 0 Å². The molecule has 0 saturated heterocycles. The van der Waals surface area contributed by atoms with Crippen LogP contribution >= 0.6 is 27.3 Å². The minimum absolute atomic E-state index is 0.0130. The van der Waals surface area contributed by atoms with Crippen molar-refractivity contribution in [1.82, 2.24) is 0 Å². The van der Waals surface area contributed by atoms with E-state index in [1.54, 1.807) is 23.5 Å². The molecule has 7 heteroatoms. The zero-order valence-corrected chi connectivity index (χ0v) is 12.9. The number of rotatable bonds is 6. The lowest BCUT2D eigenvalue weighted by atomic mass is 10.2. The maximum atomic E-state index is 12.3. The van der Waals surface area contributed by atoms with E-state index in [1.165, 1.54) is 13.2 Å². The second-order valence-electron chi connectivity index (χ2n) is 3.86. The fourth-order valence-electron chi connectivity index (χ4n) is 1.62. The van der Waals surface area contributed by atoms with Crippen molar-refractivity contribution in [3.05, 3.63) is 39.0 Å². The number of hydrogen-bond donors (Lipinski definition) is 1. The second-order valence-corrected chi connectivity index (χ2v) is 6.15. The van der Waals surface area contributed by atoms with Gasteiger partial charge in [0.25, 0.3) is 0 Å². The van der Waals surface area contributed by atoms with E-state index in [2.05, 4.69) is 26.0 Å². The van der Waals surface area contributed by atoms with Gasteiger partial charge in [-0.1, -0.05) is 0 Å². The zero-order valence-electron chi connectivity index (χ0n) is 10.5. The van der Waals surface area contributed by atoms with Crippen molar-refractivity contribution < 1.29 is 18.3 Å². The van der Waals surface area contributed by atoms with Crippen molar-refractivity contribution in [3.63, 3.8) is 0 Å². The monoisotopic (exact) mass is 363 g/mol. The maximum absolute atomic E-state index is 12.3. The first kappa shape index (κ1) is 15.1. The van der Waals surface area contributed by atoms with E-state index in [1.807, 2.05) is 11.4 Å². The molecule has 108 valence electrons. The summed E-state index contributed by atoms with van der Waals surface area (Å²) in [4.78, 5) is 0. The molecule has 0 atom stereocenters. The molecule has 20 heavy (non-hydrogen) atoms. The number of ether oxygens (including phenoxy) is 2. The predicted octanol–water partition coefficient (Wildman–Crippen LogP) is 4.73. The van der Waals surface area contributed by atoms with Gasteiger partial charge in [-0.05, 0) is 45.1 Å². The summed E-state index contributed by atoms with van der Waals surface area (Å²) in [5, 5.41) is 5.16. The number of nitrogens with one attached hydrogen (secondary N) is 1. The Bertz CT molecular complexity index is 577. The fourth-order valence-corrected chi connectivity index (χ4v) is 2.83. The van der Waals surface area contributed by atoms with Crippen molar-refractivity contribution in [2.75, 3.05) is 12.4 Å². The van der Waals surface area contributed by atoms with Crippen LogP contribution in [0.3, 0.4) is 0 Å². The second kappa shape index (κ2) is 6.90. The molecular weight excluding hydrogens is 352 g/mol. The van der Waals surface area contributed by atoms with Crippen molar-refractivity contribution in [1.29, 1.82) is 0 Å². The molecule has 0 unspecified atom stereocenters. The Morgan fingerprint density at radius 1 is 1.30 bits per heavy atom. The first-order chi connectivity index (χ1) is 9.58. The van der Waals surface area contributed by atoms with E-state index in [4.69, 9.17) is 4.74 Å². The van der Waals surface area contributed by atoms with Gasteiger partial charge >= 0.3 is 6.61 Å². The summed E-state index contributed by atoms with van der Waals surface area (Å²) >= 11 is 4.98. The Balaban J connectivity index is 2.07. The Labute approximate surface area is 127 Å². The highest BCUT2D eigenvalue weighted by Gasteiger charge is 2.11. The molecule has 1 aromatic carbocycles. The quantitative estimate of drug-likeness (QED) is 0.804. The zero-order chi connectivity index (χ0) is 14.5.